The van der Waals surface area contributed by atoms with Crippen molar-refractivity contribution >= 4 is 34.3 Å². The van der Waals surface area contributed by atoms with E-state index in [4.69, 9.17) is 10.5 Å². The first-order chi connectivity index (χ1) is 10.6. The van der Waals surface area contributed by atoms with Gasteiger partial charge in [-0.3, -0.25) is 0 Å². The fraction of sp³-hybridized carbons (Fsp3) is 0.0667. The van der Waals surface area contributed by atoms with E-state index in [2.05, 4.69) is 4.98 Å². The Morgan fingerprint density at radius 3 is 2.91 bits per heavy atom. The number of benzene rings is 1. The SMILES string of the molecule is Nc1cc(F)ccc1C(=O)OCc1csc(-c2cccs2)n1. The summed E-state index contributed by atoms with van der Waals surface area (Å²) in [5, 5.41) is 4.71. The number of hydrogen-bond donors (Lipinski definition) is 1. The van der Waals surface area contributed by atoms with E-state index < -0.39 is 11.8 Å². The molecule has 0 aliphatic carbocycles. The molecule has 22 heavy (non-hydrogen) atoms. The summed E-state index contributed by atoms with van der Waals surface area (Å²) in [5.74, 6) is -1.09. The number of nitrogens with zero attached hydrogens (tertiary/aromatic N) is 1. The zero-order chi connectivity index (χ0) is 15.5. The van der Waals surface area contributed by atoms with Gasteiger partial charge in [0.05, 0.1) is 16.1 Å². The fourth-order valence-corrected chi connectivity index (χ4v) is 3.44. The number of hydrogen-bond acceptors (Lipinski definition) is 6. The summed E-state index contributed by atoms with van der Waals surface area (Å²) in [5.41, 5.74) is 6.48. The van der Waals surface area contributed by atoms with Crippen LogP contribution >= 0.6 is 22.7 Å². The molecule has 7 heteroatoms. The van der Waals surface area contributed by atoms with Crippen LogP contribution < -0.4 is 5.73 Å². The highest BCUT2D eigenvalue weighted by molar-refractivity contribution is 7.20. The Labute approximate surface area is 134 Å². The first-order valence-corrected chi connectivity index (χ1v) is 8.10. The fourth-order valence-electron chi connectivity index (χ4n) is 1.82. The van der Waals surface area contributed by atoms with Crippen molar-refractivity contribution in [3.05, 3.63) is 58.2 Å². The third kappa shape index (κ3) is 3.15. The number of nitrogen functional groups attached to an aromatic ring is 1. The summed E-state index contributed by atoms with van der Waals surface area (Å²) in [6.45, 7) is 0.0531. The van der Waals surface area contributed by atoms with Gasteiger partial charge in [0.2, 0.25) is 0 Å². The summed E-state index contributed by atoms with van der Waals surface area (Å²) in [6.07, 6.45) is 0. The molecular formula is C15H11FN2O2S2. The summed E-state index contributed by atoms with van der Waals surface area (Å²) >= 11 is 3.10. The second kappa shape index (κ2) is 6.25. The molecule has 3 rings (SSSR count). The molecule has 0 bridgehead atoms. The van der Waals surface area contributed by atoms with Crippen LogP contribution in [-0.2, 0) is 11.3 Å². The van der Waals surface area contributed by atoms with Crippen LogP contribution in [0.25, 0.3) is 9.88 Å². The molecule has 2 aromatic heterocycles. The first kappa shape index (κ1) is 14.7. The Morgan fingerprint density at radius 1 is 1.32 bits per heavy atom. The van der Waals surface area contributed by atoms with Crippen molar-refractivity contribution in [1.29, 1.82) is 0 Å². The molecule has 0 aliphatic rings. The highest BCUT2D eigenvalue weighted by Gasteiger charge is 2.13. The Bertz CT molecular complexity index is 800. The van der Waals surface area contributed by atoms with E-state index in [-0.39, 0.29) is 17.9 Å². The molecule has 0 saturated carbocycles. The Balaban J connectivity index is 1.66. The highest BCUT2D eigenvalue weighted by Crippen LogP contribution is 2.28. The van der Waals surface area contributed by atoms with Crippen LogP contribution in [0.15, 0.2) is 41.1 Å². The van der Waals surface area contributed by atoms with E-state index in [1.807, 2.05) is 22.9 Å². The minimum Gasteiger partial charge on any atom is -0.455 e. The maximum atomic E-state index is 13.0. The lowest BCUT2D eigenvalue weighted by molar-refractivity contribution is 0.0469. The average molecular weight is 334 g/mol. The van der Waals surface area contributed by atoms with E-state index in [0.717, 1.165) is 16.0 Å². The molecule has 0 aliphatic heterocycles. The Kier molecular flexibility index (Phi) is 4.17. The molecule has 2 N–H and O–H groups in total. The molecule has 0 spiro atoms. The van der Waals surface area contributed by atoms with Gasteiger partial charge >= 0.3 is 5.97 Å². The van der Waals surface area contributed by atoms with E-state index in [9.17, 15) is 9.18 Å². The smallest absolute Gasteiger partial charge is 0.340 e. The van der Waals surface area contributed by atoms with Gasteiger partial charge in [0.15, 0.2) is 0 Å². The topological polar surface area (TPSA) is 65.2 Å². The quantitative estimate of drug-likeness (QED) is 0.579. The lowest BCUT2D eigenvalue weighted by atomic mass is 10.2. The second-order valence-corrected chi connectivity index (χ2v) is 6.23. The van der Waals surface area contributed by atoms with Crippen LogP contribution in [0.2, 0.25) is 0 Å². The van der Waals surface area contributed by atoms with Gasteiger partial charge < -0.3 is 10.5 Å². The van der Waals surface area contributed by atoms with Crippen LogP contribution in [-0.4, -0.2) is 11.0 Å². The van der Waals surface area contributed by atoms with Gasteiger partial charge in [-0.05, 0) is 29.6 Å². The third-order valence-electron chi connectivity index (χ3n) is 2.87. The molecule has 0 unspecified atom stereocenters. The molecule has 3 aromatic rings. The number of esters is 1. The normalized spacial score (nSPS) is 10.6. The van der Waals surface area contributed by atoms with Crippen molar-refractivity contribution in [3.8, 4) is 9.88 Å². The van der Waals surface area contributed by atoms with Crippen molar-refractivity contribution in [2.24, 2.45) is 0 Å². The number of anilines is 1. The van der Waals surface area contributed by atoms with Crippen LogP contribution in [0, 0.1) is 5.82 Å². The monoisotopic (exact) mass is 334 g/mol. The van der Waals surface area contributed by atoms with Crippen LogP contribution in [0.4, 0.5) is 10.1 Å². The van der Waals surface area contributed by atoms with E-state index >= 15 is 0 Å². The van der Waals surface area contributed by atoms with Crippen LogP contribution in [0.5, 0.6) is 0 Å². The van der Waals surface area contributed by atoms with Gasteiger partial charge in [-0.2, -0.15) is 0 Å². The summed E-state index contributed by atoms with van der Waals surface area (Å²) in [7, 11) is 0. The summed E-state index contributed by atoms with van der Waals surface area (Å²) in [6, 6.07) is 7.51. The Morgan fingerprint density at radius 2 is 2.18 bits per heavy atom. The van der Waals surface area contributed by atoms with Gasteiger partial charge in [0, 0.05) is 11.1 Å². The zero-order valence-corrected chi connectivity index (χ0v) is 12.9. The summed E-state index contributed by atoms with van der Waals surface area (Å²) in [4.78, 5) is 17.4. The van der Waals surface area contributed by atoms with Gasteiger partial charge in [0.1, 0.15) is 17.4 Å². The lowest BCUT2D eigenvalue weighted by Crippen LogP contribution is -2.08. The molecule has 0 fully saturated rings. The van der Waals surface area contributed by atoms with E-state index in [0.29, 0.717) is 5.69 Å². The number of aromatic nitrogens is 1. The minimum atomic E-state index is -0.594. The molecule has 4 nitrogen and oxygen atoms in total. The maximum Gasteiger partial charge on any atom is 0.340 e. The molecule has 0 amide bonds. The van der Waals surface area contributed by atoms with Gasteiger partial charge in [0.25, 0.3) is 0 Å². The third-order valence-corrected chi connectivity index (χ3v) is 4.80. The second-order valence-electron chi connectivity index (χ2n) is 4.43. The zero-order valence-electron chi connectivity index (χ0n) is 11.3. The Hall–Kier alpha value is -2.25. The first-order valence-electron chi connectivity index (χ1n) is 6.34. The largest absolute Gasteiger partial charge is 0.455 e. The lowest BCUT2D eigenvalue weighted by Gasteiger charge is -2.05. The van der Waals surface area contributed by atoms with Crippen molar-refractivity contribution in [3.63, 3.8) is 0 Å². The number of carbonyl (C=O) groups excluding carboxylic acids is 1. The van der Waals surface area contributed by atoms with Crippen molar-refractivity contribution in [1.82, 2.24) is 4.98 Å². The predicted octanol–water partition coefficient (Wildman–Crippen LogP) is 3.95. The van der Waals surface area contributed by atoms with E-state index in [1.54, 1.807) is 11.3 Å². The van der Waals surface area contributed by atoms with Crippen molar-refractivity contribution in [2.75, 3.05) is 5.73 Å². The average Bonchev–Trinajstić information content (AvgIpc) is 3.16. The molecule has 0 radical (unpaired) electrons. The highest BCUT2D eigenvalue weighted by atomic mass is 32.1. The number of halogens is 1. The molecular weight excluding hydrogens is 323 g/mol. The van der Waals surface area contributed by atoms with Crippen LogP contribution in [0.1, 0.15) is 16.1 Å². The van der Waals surface area contributed by atoms with E-state index in [1.165, 1.54) is 23.5 Å². The minimum absolute atomic E-state index is 0.0531. The van der Waals surface area contributed by atoms with Gasteiger partial charge in [-0.1, -0.05) is 6.07 Å². The molecule has 0 saturated heterocycles. The number of ether oxygens (including phenoxy) is 1. The molecule has 112 valence electrons. The molecule has 0 atom stereocenters. The van der Waals surface area contributed by atoms with Crippen molar-refractivity contribution < 1.29 is 13.9 Å². The summed E-state index contributed by atoms with van der Waals surface area (Å²) < 4.78 is 18.1. The van der Waals surface area contributed by atoms with Gasteiger partial charge in [-0.15, -0.1) is 22.7 Å². The standard InChI is InChI=1S/C15H11FN2O2S2/c16-9-3-4-11(12(17)6-9)15(19)20-7-10-8-22-14(18-10)13-2-1-5-21-13/h1-6,8H,7,17H2. The predicted molar refractivity (Wildman–Crippen MR) is 85.4 cm³/mol. The van der Waals surface area contributed by atoms with Gasteiger partial charge in [-0.25, -0.2) is 14.2 Å². The number of rotatable bonds is 4. The maximum absolute atomic E-state index is 13.0. The van der Waals surface area contributed by atoms with Crippen molar-refractivity contribution in [2.45, 2.75) is 6.61 Å². The molecule has 2 heterocycles. The van der Waals surface area contributed by atoms with Crippen LogP contribution in [0.3, 0.4) is 0 Å². The molecule has 1 aromatic carbocycles. The number of thiophene rings is 1. The number of nitrogens with two attached hydrogens (primary N) is 1. The number of carbonyl (C=O) groups is 1. The number of thiazole rings is 1.